The van der Waals surface area contributed by atoms with Crippen LogP contribution >= 0.6 is 11.8 Å². The van der Waals surface area contributed by atoms with Crippen molar-refractivity contribution >= 4 is 23.4 Å². The number of thioether (sulfide) groups is 1. The number of hydrogen-bond acceptors (Lipinski definition) is 4. The molecule has 1 aromatic heterocycles. The summed E-state index contributed by atoms with van der Waals surface area (Å²) in [5.74, 6) is -0.0267. The number of rotatable bonds is 8. The lowest BCUT2D eigenvalue weighted by molar-refractivity contribution is -0.115. The van der Waals surface area contributed by atoms with Crippen LogP contribution in [0.4, 0.5) is 14.5 Å². The first-order chi connectivity index (χ1) is 15.6. The van der Waals surface area contributed by atoms with E-state index >= 15 is 0 Å². The van der Waals surface area contributed by atoms with Crippen LogP contribution in [0.2, 0.25) is 0 Å². The number of amides is 1. The zero-order valence-corrected chi connectivity index (χ0v) is 17.9. The van der Waals surface area contributed by atoms with Gasteiger partial charge in [0.1, 0.15) is 11.6 Å². The van der Waals surface area contributed by atoms with Crippen LogP contribution in [-0.4, -0.2) is 26.4 Å². The molecular formula is C24H20F2N4OS. The molecule has 0 aliphatic carbocycles. The molecule has 162 valence electrons. The second-order valence-electron chi connectivity index (χ2n) is 7.01. The van der Waals surface area contributed by atoms with Crippen LogP contribution in [0.5, 0.6) is 0 Å². The summed E-state index contributed by atoms with van der Waals surface area (Å²) < 4.78 is 29.3. The van der Waals surface area contributed by atoms with E-state index in [1.807, 2.05) is 34.9 Å². The van der Waals surface area contributed by atoms with Crippen molar-refractivity contribution in [3.8, 4) is 11.4 Å². The highest BCUT2D eigenvalue weighted by Gasteiger charge is 2.18. The Labute approximate surface area is 188 Å². The molecular weight excluding hydrogens is 430 g/mol. The Bertz CT molecular complexity index is 1200. The summed E-state index contributed by atoms with van der Waals surface area (Å²) in [6, 6.07) is 21.8. The molecule has 0 bridgehead atoms. The number of nitrogens with zero attached hydrogens (tertiary/aromatic N) is 3. The molecule has 32 heavy (non-hydrogen) atoms. The molecule has 8 heteroatoms. The highest BCUT2D eigenvalue weighted by atomic mass is 32.2. The molecule has 1 amide bonds. The van der Waals surface area contributed by atoms with Gasteiger partial charge in [0.25, 0.3) is 0 Å². The maximum absolute atomic E-state index is 14.4. The average Bonchev–Trinajstić information content (AvgIpc) is 3.18. The highest BCUT2D eigenvalue weighted by Crippen LogP contribution is 2.27. The molecule has 0 saturated carbocycles. The van der Waals surface area contributed by atoms with E-state index in [-0.39, 0.29) is 24.0 Å². The highest BCUT2D eigenvalue weighted by molar-refractivity contribution is 7.99. The Morgan fingerprint density at radius 3 is 2.38 bits per heavy atom. The van der Waals surface area contributed by atoms with Gasteiger partial charge in [0.05, 0.1) is 12.1 Å². The second kappa shape index (κ2) is 10.2. The van der Waals surface area contributed by atoms with Gasteiger partial charge in [0.15, 0.2) is 11.0 Å². The smallest absolute Gasteiger partial charge is 0.225 e. The van der Waals surface area contributed by atoms with Crippen molar-refractivity contribution in [2.45, 2.75) is 18.1 Å². The molecule has 1 N–H and O–H groups in total. The SMILES string of the molecule is O=C(CCSc1nnc(-c2ccccc2F)n1Cc1ccccc1)Nc1ccc(F)cc1. The number of halogens is 2. The fourth-order valence-electron chi connectivity index (χ4n) is 3.14. The number of anilines is 1. The summed E-state index contributed by atoms with van der Waals surface area (Å²) in [7, 11) is 0. The maximum atomic E-state index is 14.4. The first kappa shape index (κ1) is 21.7. The number of carbonyl (C=O) groups is 1. The Hall–Kier alpha value is -3.52. The third-order valence-electron chi connectivity index (χ3n) is 4.70. The summed E-state index contributed by atoms with van der Waals surface area (Å²) in [5.41, 5.74) is 1.94. The van der Waals surface area contributed by atoms with E-state index in [4.69, 9.17) is 0 Å². The van der Waals surface area contributed by atoms with Gasteiger partial charge in [-0.1, -0.05) is 54.2 Å². The van der Waals surface area contributed by atoms with E-state index in [0.29, 0.717) is 34.5 Å². The number of hydrogen-bond donors (Lipinski definition) is 1. The largest absolute Gasteiger partial charge is 0.326 e. The van der Waals surface area contributed by atoms with E-state index < -0.39 is 0 Å². The molecule has 0 atom stereocenters. The van der Waals surface area contributed by atoms with Crippen LogP contribution in [0, 0.1) is 11.6 Å². The zero-order chi connectivity index (χ0) is 22.3. The quantitative estimate of drug-likeness (QED) is 0.366. The van der Waals surface area contributed by atoms with Crippen LogP contribution in [-0.2, 0) is 11.3 Å². The lowest BCUT2D eigenvalue weighted by Crippen LogP contribution is -2.12. The molecule has 0 aliphatic rings. The minimum atomic E-state index is -0.371. The molecule has 4 rings (SSSR count). The fourth-order valence-corrected chi connectivity index (χ4v) is 4.01. The summed E-state index contributed by atoms with van der Waals surface area (Å²) in [6.07, 6.45) is 0.231. The first-order valence-electron chi connectivity index (χ1n) is 10.0. The normalized spacial score (nSPS) is 10.8. The minimum Gasteiger partial charge on any atom is -0.326 e. The summed E-state index contributed by atoms with van der Waals surface area (Å²) >= 11 is 1.38. The third-order valence-corrected chi connectivity index (χ3v) is 5.67. The Morgan fingerprint density at radius 1 is 0.906 bits per heavy atom. The van der Waals surface area contributed by atoms with E-state index in [9.17, 15) is 13.6 Å². The number of benzene rings is 3. The molecule has 0 radical (unpaired) electrons. The van der Waals surface area contributed by atoms with Crippen molar-refractivity contribution in [3.63, 3.8) is 0 Å². The van der Waals surface area contributed by atoms with Gasteiger partial charge in [-0.3, -0.25) is 9.36 Å². The Kier molecular flexibility index (Phi) is 6.91. The monoisotopic (exact) mass is 450 g/mol. The standard InChI is InChI=1S/C24H20F2N4OS/c25-18-10-12-19(13-11-18)27-22(31)14-15-32-24-29-28-23(20-8-4-5-9-21(20)26)30(24)16-17-6-2-1-3-7-17/h1-13H,14-16H2,(H,27,31). The van der Waals surface area contributed by atoms with E-state index in [1.54, 1.807) is 18.2 Å². The zero-order valence-electron chi connectivity index (χ0n) is 17.0. The van der Waals surface area contributed by atoms with E-state index in [0.717, 1.165) is 5.56 Å². The van der Waals surface area contributed by atoms with E-state index in [1.165, 1.54) is 42.1 Å². The number of aromatic nitrogens is 3. The maximum Gasteiger partial charge on any atom is 0.225 e. The molecule has 0 fully saturated rings. The van der Waals surface area contributed by atoms with Gasteiger partial charge < -0.3 is 5.32 Å². The molecule has 5 nitrogen and oxygen atoms in total. The molecule has 0 unspecified atom stereocenters. The van der Waals surface area contributed by atoms with Gasteiger partial charge in [-0.05, 0) is 42.0 Å². The molecule has 0 spiro atoms. The van der Waals surface area contributed by atoms with Crippen LogP contribution in [0.15, 0.2) is 84.0 Å². The second-order valence-corrected chi connectivity index (χ2v) is 8.07. The first-order valence-corrected chi connectivity index (χ1v) is 11.0. The lowest BCUT2D eigenvalue weighted by atomic mass is 10.2. The molecule has 0 saturated heterocycles. The van der Waals surface area contributed by atoms with Crippen molar-refractivity contribution in [2.24, 2.45) is 0 Å². The summed E-state index contributed by atoms with van der Waals surface area (Å²) in [5, 5.41) is 11.8. The minimum absolute atomic E-state index is 0.187. The van der Waals surface area contributed by atoms with Gasteiger partial charge in [0, 0.05) is 17.9 Å². The summed E-state index contributed by atoms with van der Waals surface area (Å²) in [4.78, 5) is 12.2. The van der Waals surface area contributed by atoms with Gasteiger partial charge in [-0.2, -0.15) is 0 Å². The van der Waals surface area contributed by atoms with Crippen molar-refractivity contribution in [1.29, 1.82) is 0 Å². The Balaban J connectivity index is 1.48. The van der Waals surface area contributed by atoms with Crippen molar-refractivity contribution < 1.29 is 13.6 Å². The molecule has 0 aliphatic heterocycles. The predicted octanol–water partition coefficient (Wildman–Crippen LogP) is 5.39. The van der Waals surface area contributed by atoms with Gasteiger partial charge in [-0.25, -0.2) is 8.78 Å². The topological polar surface area (TPSA) is 59.8 Å². The third kappa shape index (κ3) is 5.39. The predicted molar refractivity (Wildman–Crippen MR) is 121 cm³/mol. The average molecular weight is 451 g/mol. The van der Waals surface area contributed by atoms with Crippen LogP contribution < -0.4 is 5.32 Å². The van der Waals surface area contributed by atoms with Gasteiger partial charge in [-0.15, -0.1) is 10.2 Å². The lowest BCUT2D eigenvalue weighted by Gasteiger charge is -2.11. The van der Waals surface area contributed by atoms with Crippen molar-refractivity contribution in [3.05, 3.63) is 96.1 Å². The van der Waals surface area contributed by atoms with Crippen LogP contribution in [0.25, 0.3) is 11.4 Å². The Morgan fingerprint density at radius 2 is 1.62 bits per heavy atom. The van der Waals surface area contributed by atoms with Gasteiger partial charge in [0.2, 0.25) is 5.91 Å². The fraction of sp³-hybridized carbons (Fsp3) is 0.125. The van der Waals surface area contributed by atoms with Crippen LogP contribution in [0.3, 0.4) is 0 Å². The number of carbonyl (C=O) groups excluding carboxylic acids is 1. The van der Waals surface area contributed by atoms with Crippen molar-refractivity contribution in [2.75, 3.05) is 11.1 Å². The van der Waals surface area contributed by atoms with Crippen molar-refractivity contribution in [1.82, 2.24) is 14.8 Å². The van der Waals surface area contributed by atoms with Crippen LogP contribution in [0.1, 0.15) is 12.0 Å². The molecule has 1 heterocycles. The van der Waals surface area contributed by atoms with E-state index in [2.05, 4.69) is 15.5 Å². The van der Waals surface area contributed by atoms with Gasteiger partial charge >= 0.3 is 0 Å². The molecule has 3 aromatic carbocycles. The number of nitrogens with one attached hydrogen (secondary N) is 1. The molecule has 4 aromatic rings. The summed E-state index contributed by atoms with van der Waals surface area (Å²) in [6.45, 7) is 0.474.